The number of nitrogens with two attached hydrogens (primary N) is 2. The van der Waals surface area contributed by atoms with E-state index in [0.717, 1.165) is 0 Å². The van der Waals surface area contributed by atoms with Gasteiger partial charge in [-0.2, -0.15) is 0 Å². The third-order valence-corrected chi connectivity index (χ3v) is 2.24. The third-order valence-electron chi connectivity index (χ3n) is 2.24. The fourth-order valence-electron chi connectivity index (χ4n) is 1.16. The molecule has 0 aromatic carbocycles. The average molecular weight is 156 g/mol. The summed E-state index contributed by atoms with van der Waals surface area (Å²) in [6, 6.07) is 0. The van der Waals surface area contributed by atoms with Gasteiger partial charge in [0.25, 0.3) is 0 Å². The second kappa shape index (κ2) is 3.37. The van der Waals surface area contributed by atoms with E-state index >= 15 is 0 Å². The van der Waals surface area contributed by atoms with Gasteiger partial charge in [0.05, 0.1) is 5.41 Å². The highest BCUT2D eigenvalue weighted by Crippen LogP contribution is 2.25. The summed E-state index contributed by atoms with van der Waals surface area (Å²) in [6.45, 7) is 3.76. The Kier molecular flexibility index (Phi) is 3.04. The second-order valence-electron chi connectivity index (χ2n) is 2.62. The van der Waals surface area contributed by atoms with Gasteiger partial charge in [0.1, 0.15) is 11.7 Å². The largest absolute Gasteiger partial charge is 0.387 e. The van der Waals surface area contributed by atoms with Crippen LogP contribution in [0, 0.1) is 16.2 Å². The molecule has 0 unspecified atom stereocenters. The smallest absolute Gasteiger partial charge is 0.104 e. The predicted molar refractivity (Wildman–Crippen MR) is 46.8 cm³/mol. The van der Waals surface area contributed by atoms with Crippen molar-refractivity contribution in [3.63, 3.8) is 0 Å². The summed E-state index contributed by atoms with van der Waals surface area (Å²) >= 11 is 0. The Morgan fingerprint density at radius 3 is 1.36 bits per heavy atom. The topological polar surface area (TPSA) is 99.7 Å². The van der Waals surface area contributed by atoms with E-state index in [2.05, 4.69) is 0 Å². The van der Waals surface area contributed by atoms with Crippen molar-refractivity contribution >= 4 is 11.7 Å². The van der Waals surface area contributed by atoms with Crippen LogP contribution in [0.25, 0.3) is 0 Å². The van der Waals surface area contributed by atoms with E-state index < -0.39 is 5.41 Å². The first kappa shape index (κ1) is 9.94. The minimum Gasteiger partial charge on any atom is -0.387 e. The lowest BCUT2D eigenvalue weighted by Crippen LogP contribution is -2.46. The second-order valence-corrected chi connectivity index (χ2v) is 2.62. The molecule has 6 N–H and O–H groups in total. The maximum Gasteiger partial charge on any atom is 0.104 e. The first-order valence-electron chi connectivity index (χ1n) is 3.70. The van der Waals surface area contributed by atoms with E-state index in [4.69, 9.17) is 22.3 Å². The molecule has 0 fully saturated rings. The van der Waals surface area contributed by atoms with Gasteiger partial charge >= 0.3 is 0 Å². The molecule has 0 amide bonds. The maximum absolute atomic E-state index is 7.29. The molecule has 64 valence electrons. The molecule has 0 bridgehead atoms. The molecule has 11 heavy (non-hydrogen) atoms. The Morgan fingerprint density at radius 2 is 1.36 bits per heavy atom. The van der Waals surface area contributed by atoms with Crippen LogP contribution in [0.5, 0.6) is 0 Å². The van der Waals surface area contributed by atoms with Crippen LogP contribution in [0.3, 0.4) is 0 Å². The zero-order chi connectivity index (χ0) is 9.07. The van der Waals surface area contributed by atoms with E-state index in [9.17, 15) is 0 Å². The van der Waals surface area contributed by atoms with Crippen LogP contribution in [0.15, 0.2) is 0 Å². The lowest BCUT2D eigenvalue weighted by Gasteiger charge is -2.28. The molecule has 0 aliphatic rings. The van der Waals surface area contributed by atoms with Gasteiger partial charge in [-0.1, -0.05) is 13.8 Å². The normalized spacial score (nSPS) is 11.1. The Balaban J connectivity index is 4.76. The first-order chi connectivity index (χ1) is 5.01. The molecule has 0 aliphatic carbocycles. The Labute approximate surface area is 67.0 Å². The highest BCUT2D eigenvalue weighted by atomic mass is 14.8. The Hall–Kier alpha value is -1.06. The summed E-state index contributed by atoms with van der Waals surface area (Å²) < 4.78 is 0. The number of nitrogens with one attached hydrogen (secondary N) is 2. The van der Waals surface area contributed by atoms with E-state index in [-0.39, 0.29) is 11.7 Å². The molecule has 0 saturated carbocycles. The van der Waals surface area contributed by atoms with E-state index in [1.807, 2.05) is 13.8 Å². The van der Waals surface area contributed by atoms with Gasteiger partial charge < -0.3 is 11.5 Å². The lowest BCUT2D eigenvalue weighted by molar-refractivity contribution is 0.517. The van der Waals surface area contributed by atoms with Crippen molar-refractivity contribution in [1.82, 2.24) is 0 Å². The van der Waals surface area contributed by atoms with E-state index in [1.165, 1.54) is 0 Å². The molecule has 0 saturated heterocycles. The monoisotopic (exact) mass is 156 g/mol. The van der Waals surface area contributed by atoms with Gasteiger partial charge in [-0.05, 0) is 12.8 Å². The Bertz CT molecular complexity index is 153. The van der Waals surface area contributed by atoms with Crippen molar-refractivity contribution in [3.05, 3.63) is 0 Å². The van der Waals surface area contributed by atoms with Crippen molar-refractivity contribution in [1.29, 1.82) is 10.8 Å². The fourth-order valence-corrected chi connectivity index (χ4v) is 1.16. The summed E-state index contributed by atoms with van der Waals surface area (Å²) in [6.07, 6.45) is 1.24. The fraction of sp³-hybridized carbons (Fsp3) is 0.714. The van der Waals surface area contributed by atoms with Gasteiger partial charge in [0.15, 0.2) is 0 Å². The van der Waals surface area contributed by atoms with E-state index in [0.29, 0.717) is 12.8 Å². The van der Waals surface area contributed by atoms with Crippen molar-refractivity contribution in [2.75, 3.05) is 0 Å². The van der Waals surface area contributed by atoms with Crippen molar-refractivity contribution in [3.8, 4) is 0 Å². The molecule has 4 nitrogen and oxygen atoms in total. The highest BCUT2D eigenvalue weighted by Gasteiger charge is 2.33. The number of rotatable bonds is 4. The number of amidine groups is 2. The summed E-state index contributed by atoms with van der Waals surface area (Å²) in [4.78, 5) is 0. The SMILES string of the molecule is CCC(CC)(C(=N)N)C(=N)N. The van der Waals surface area contributed by atoms with Gasteiger partial charge in [0.2, 0.25) is 0 Å². The molecule has 0 rings (SSSR count). The minimum absolute atomic E-state index is 0.00463. The maximum atomic E-state index is 7.29. The zero-order valence-corrected chi connectivity index (χ0v) is 7.07. The lowest BCUT2D eigenvalue weighted by atomic mass is 9.80. The summed E-state index contributed by atoms with van der Waals surface area (Å²) in [5.74, 6) is -0.00926. The molecule has 0 heterocycles. The third kappa shape index (κ3) is 1.50. The average Bonchev–Trinajstić information content (AvgIpc) is 1.90. The van der Waals surface area contributed by atoms with Crippen molar-refractivity contribution in [2.45, 2.75) is 26.7 Å². The zero-order valence-electron chi connectivity index (χ0n) is 7.07. The van der Waals surface area contributed by atoms with Crippen LogP contribution in [-0.2, 0) is 0 Å². The van der Waals surface area contributed by atoms with Crippen LogP contribution in [0.4, 0.5) is 0 Å². The first-order valence-corrected chi connectivity index (χ1v) is 3.70. The summed E-state index contributed by atoms with van der Waals surface area (Å²) in [7, 11) is 0. The van der Waals surface area contributed by atoms with Crippen LogP contribution < -0.4 is 11.5 Å². The quantitative estimate of drug-likeness (QED) is 0.355. The molecule has 0 radical (unpaired) electrons. The van der Waals surface area contributed by atoms with Gasteiger partial charge in [0, 0.05) is 0 Å². The van der Waals surface area contributed by atoms with Gasteiger partial charge in [-0.3, -0.25) is 10.8 Å². The summed E-state index contributed by atoms with van der Waals surface area (Å²) in [5.41, 5.74) is 10.0. The van der Waals surface area contributed by atoms with Crippen molar-refractivity contribution in [2.24, 2.45) is 16.9 Å². The molecular formula is C7H16N4. The highest BCUT2D eigenvalue weighted by molar-refractivity contribution is 6.06. The Morgan fingerprint density at radius 1 is 1.09 bits per heavy atom. The van der Waals surface area contributed by atoms with Crippen LogP contribution in [0.1, 0.15) is 26.7 Å². The van der Waals surface area contributed by atoms with E-state index in [1.54, 1.807) is 0 Å². The summed E-state index contributed by atoms with van der Waals surface area (Å²) in [5, 5.41) is 14.6. The molecule has 0 aromatic rings. The van der Waals surface area contributed by atoms with Gasteiger partial charge in [-0.25, -0.2) is 0 Å². The number of hydrogen-bond donors (Lipinski definition) is 4. The molecule has 0 aromatic heterocycles. The molecular weight excluding hydrogens is 140 g/mol. The van der Waals surface area contributed by atoms with Crippen LogP contribution in [0.2, 0.25) is 0 Å². The molecule has 0 atom stereocenters. The van der Waals surface area contributed by atoms with Crippen molar-refractivity contribution < 1.29 is 0 Å². The molecule has 4 heteroatoms. The number of hydrogen-bond acceptors (Lipinski definition) is 2. The standard InChI is InChI=1S/C7H16N4/c1-3-7(4-2,5(8)9)6(10)11/h3-4H2,1-2H3,(H3,8,9)(H3,10,11). The predicted octanol–water partition coefficient (Wildman–Crippen LogP) is 0.665. The molecule has 0 spiro atoms. The minimum atomic E-state index is -0.694. The van der Waals surface area contributed by atoms with Crippen LogP contribution in [-0.4, -0.2) is 11.7 Å². The van der Waals surface area contributed by atoms with Crippen LogP contribution >= 0.6 is 0 Å². The van der Waals surface area contributed by atoms with Gasteiger partial charge in [-0.15, -0.1) is 0 Å². The molecule has 0 aliphatic heterocycles.